The first-order chi connectivity index (χ1) is 8.08. The van der Waals surface area contributed by atoms with E-state index in [-0.39, 0.29) is 11.2 Å². The van der Waals surface area contributed by atoms with Gasteiger partial charge in [0.15, 0.2) is 0 Å². The minimum Gasteiger partial charge on any atom is -0.207 e. The molecule has 90 valence electrons. The van der Waals surface area contributed by atoms with Crippen molar-refractivity contribution in [3.63, 3.8) is 0 Å². The third-order valence-corrected chi connectivity index (χ3v) is 4.50. The zero-order chi connectivity index (χ0) is 12.4. The fourth-order valence-corrected chi connectivity index (χ4v) is 3.08. The van der Waals surface area contributed by atoms with E-state index in [9.17, 15) is 4.39 Å². The Bertz CT molecular complexity index is 502. The molecule has 4 heteroatoms. The number of rotatable bonds is 3. The molecule has 0 spiro atoms. The lowest BCUT2D eigenvalue weighted by Gasteiger charge is -2.09. The van der Waals surface area contributed by atoms with Gasteiger partial charge in [-0.25, -0.2) is 4.39 Å². The third-order valence-electron chi connectivity index (χ3n) is 2.51. The van der Waals surface area contributed by atoms with Crippen LogP contribution in [-0.4, -0.2) is 0 Å². The second kappa shape index (κ2) is 5.38. The summed E-state index contributed by atoms with van der Waals surface area (Å²) >= 11 is 13.9. The van der Waals surface area contributed by atoms with Crippen LogP contribution < -0.4 is 0 Å². The number of benzene rings is 1. The fourth-order valence-electron chi connectivity index (χ4n) is 1.63. The van der Waals surface area contributed by atoms with E-state index >= 15 is 0 Å². The zero-order valence-electron chi connectivity index (χ0n) is 9.21. The van der Waals surface area contributed by atoms with Gasteiger partial charge in [-0.15, -0.1) is 22.9 Å². The Morgan fingerprint density at radius 2 is 2.06 bits per heavy atom. The summed E-state index contributed by atoms with van der Waals surface area (Å²) in [4.78, 5) is 2.24. The molecule has 0 saturated heterocycles. The Kier molecular flexibility index (Phi) is 4.08. The first kappa shape index (κ1) is 12.9. The molecule has 2 rings (SSSR count). The Labute approximate surface area is 114 Å². The van der Waals surface area contributed by atoms with E-state index in [0.717, 1.165) is 4.88 Å². The number of hydrogen-bond donors (Lipinski definition) is 0. The summed E-state index contributed by atoms with van der Waals surface area (Å²) < 4.78 is 13.6. The zero-order valence-corrected chi connectivity index (χ0v) is 11.5. The Morgan fingerprint density at radius 3 is 2.65 bits per heavy atom. The number of thiophene rings is 1. The van der Waals surface area contributed by atoms with Crippen molar-refractivity contribution < 1.29 is 4.39 Å². The number of alkyl halides is 1. The maximum Gasteiger partial charge on any atom is 0.127 e. The third kappa shape index (κ3) is 3.01. The molecule has 1 heterocycles. The lowest BCUT2D eigenvalue weighted by Crippen LogP contribution is -1.97. The van der Waals surface area contributed by atoms with Crippen molar-refractivity contribution in [1.29, 1.82) is 0 Å². The van der Waals surface area contributed by atoms with Gasteiger partial charge in [-0.1, -0.05) is 17.7 Å². The first-order valence-corrected chi connectivity index (χ1v) is 6.84. The monoisotopic (exact) mass is 288 g/mol. The number of hydrogen-bond acceptors (Lipinski definition) is 1. The molecule has 0 aliphatic rings. The Morgan fingerprint density at radius 1 is 1.29 bits per heavy atom. The van der Waals surface area contributed by atoms with Gasteiger partial charge in [0.2, 0.25) is 0 Å². The van der Waals surface area contributed by atoms with Gasteiger partial charge in [0.25, 0.3) is 0 Å². The second-order valence-corrected chi connectivity index (χ2v) is 6.07. The molecular weight excluding hydrogens is 278 g/mol. The van der Waals surface area contributed by atoms with E-state index in [1.807, 2.05) is 19.1 Å². The first-order valence-electron chi connectivity index (χ1n) is 5.21. The lowest BCUT2D eigenvalue weighted by atomic mass is 10.1. The van der Waals surface area contributed by atoms with E-state index in [1.54, 1.807) is 23.5 Å². The summed E-state index contributed by atoms with van der Waals surface area (Å²) in [5, 5.41) is 0.201. The SMILES string of the molecule is Cc1ccc(C(Cl)Cc2c(F)cccc2Cl)s1. The predicted octanol–water partition coefficient (Wildman–Crippen LogP) is 5.37. The molecule has 0 aliphatic heterocycles. The molecule has 1 aromatic heterocycles. The van der Waals surface area contributed by atoms with Gasteiger partial charge < -0.3 is 0 Å². The van der Waals surface area contributed by atoms with Gasteiger partial charge in [-0.2, -0.15) is 0 Å². The predicted molar refractivity (Wildman–Crippen MR) is 72.8 cm³/mol. The van der Waals surface area contributed by atoms with Crippen LogP contribution in [0.3, 0.4) is 0 Å². The van der Waals surface area contributed by atoms with Crippen molar-refractivity contribution in [2.45, 2.75) is 18.7 Å². The Hall–Kier alpha value is -0.570. The van der Waals surface area contributed by atoms with Gasteiger partial charge in [0.1, 0.15) is 5.82 Å². The minimum atomic E-state index is -0.295. The van der Waals surface area contributed by atoms with E-state index < -0.39 is 0 Å². The average Bonchev–Trinajstić information content (AvgIpc) is 2.70. The van der Waals surface area contributed by atoms with Crippen LogP contribution in [0, 0.1) is 12.7 Å². The maximum absolute atomic E-state index is 13.6. The number of halogens is 3. The highest BCUT2D eigenvalue weighted by Crippen LogP contribution is 2.33. The summed E-state index contributed by atoms with van der Waals surface area (Å²) in [6.07, 6.45) is 0.410. The highest BCUT2D eigenvalue weighted by molar-refractivity contribution is 7.12. The highest BCUT2D eigenvalue weighted by atomic mass is 35.5. The topological polar surface area (TPSA) is 0 Å². The molecule has 0 N–H and O–H groups in total. The molecule has 0 radical (unpaired) electrons. The normalized spacial score (nSPS) is 12.7. The summed E-state index contributed by atoms with van der Waals surface area (Å²) in [7, 11) is 0. The van der Waals surface area contributed by atoms with Crippen molar-refractivity contribution >= 4 is 34.5 Å². The van der Waals surface area contributed by atoms with Crippen molar-refractivity contribution in [2.24, 2.45) is 0 Å². The van der Waals surface area contributed by atoms with Crippen LogP contribution in [0.5, 0.6) is 0 Å². The smallest absolute Gasteiger partial charge is 0.127 e. The highest BCUT2D eigenvalue weighted by Gasteiger charge is 2.15. The van der Waals surface area contributed by atoms with E-state index in [1.165, 1.54) is 10.9 Å². The van der Waals surface area contributed by atoms with Crippen LogP contribution in [0.2, 0.25) is 5.02 Å². The molecule has 0 amide bonds. The lowest BCUT2D eigenvalue weighted by molar-refractivity contribution is 0.608. The van der Waals surface area contributed by atoms with Gasteiger partial charge in [0.05, 0.1) is 5.38 Å². The molecule has 1 aromatic carbocycles. The molecule has 0 saturated carbocycles. The van der Waals surface area contributed by atoms with Crippen molar-refractivity contribution in [2.75, 3.05) is 0 Å². The number of aryl methyl sites for hydroxylation is 1. The molecule has 2 aromatic rings. The van der Waals surface area contributed by atoms with Crippen LogP contribution >= 0.6 is 34.5 Å². The fraction of sp³-hybridized carbons (Fsp3) is 0.231. The summed E-state index contributed by atoms with van der Waals surface area (Å²) in [5.41, 5.74) is 0.486. The second-order valence-electron chi connectivity index (χ2n) is 3.82. The van der Waals surface area contributed by atoms with Crippen LogP contribution in [0.25, 0.3) is 0 Å². The van der Waals surface area contributed by atoms with Gasteiger partial charge in [0, 0.05) is 20.3 Å². The summed E-state index contributed by atoms with van der Waals surface area (Å²) in [6.45, 7) is 2.02. The summed E-state index contributed by atoms with van der Waals surface area (Å²) in [5.74, 6) is -0.295. The van der Waals surface area contributed by atoms with Crippen LogP contribution in [0.1, 0.15) is 20.7 Å². The largest absolute Gasteiger partial charge is 0.207 e. The van der Waals surface area contributed by atoms with E-state index in [0.29, 0.717) is 17.0 Å². The van der Waals surface area contributed by atoms with Crippen LogP contribution in [0.4, 0.5) is 4.39 Å². The molecule has 1 unspecified atom stereocenters. The maximum atomic E-state index is 13.6. The minimum absolute atomic E-state index is 0.233. The van der Waals surface area contributed by atoms with Crippen molar-refractivity contribution in [3.8, 4) is 0 Å². The molecule has 0 nitrogen and oxygen atoms in total. The molecule has 0 bridgehead atoms. The standard InChI is InChI=1S/C13H11Cl2FS/c1-8-5-6-13(17-8)11(15)7-9-10(14)3-2-4-12(9)16/h2-6,11H,7H2,1H3. The van der Waals surface area contributed by atoms with Gasteiger partial charge in [-0.05, 0) is 37.6 Å². The molecule has 0 fully saturated rings. The quantitative estimate of drug-likeness (QED) is 0.666. The molecule has 1 atom stereocenters. The van der Waals surface area contributed by atoms with Gasteiger partial charge >= 0.3 is 0 Å². The molecular formula is C13H11Cl2FS. The average molecular weight is 289 g/mol. The summed E-state index contributed by atoms with van der Waals surface area (Å²) in [6, 6.07) is 8.68. The van der Waals surface area contributed by atoms with Crippen molar-refractivity contribution in [1.82, 2.24) is 0 Å². The molecule has 17 heavy (non-hydrogen) atoms. The van der Waals surface area contributed by atoms with E-state index in [4.69, 9.17) is 23.2 Å². The molecule has 0 aliphatic carbocycles. The van der Waals surface area contributed by atoms with Gasteiger partial charge in [-0.3, -0.25) is 0 Å². The Balaban J connectivity index is 2.21. The van der Waals surface area contributed by atoms with Crippen molar-refractivity contribution in [3.05, 3.63) is 56.5 Å². The van der Waals surface area contributed by atoms with Crippen LogP contribution in [-0.2, 0) is 6.42 Å². The van der Waals surface area contributed by atoms with Crippen LogP contribution in [0.15, 0.2) is 30.3 Å². The van der Waals surface area contributed by atoms with E-state index in [2.05, 4.69) is 0 Å².